The van der Waals surface area contributed by atoms with Crippen molar-refractivity contribution in [2.45, 2.75) is 13.0 Å². The van der Waals surface area contributed by atoms with Crippen molar-refractivity contribution in [3.63, 3.8) is 0 Å². The highest BCUT2D eigenvalue weighted by Gasteiger charge is 2.22. The van der Waals surface area contributed by atoms with Crippen LogP contribution >= 0.6 is 0 Å². The molecule has 0 unspecified atom stereocenters. The molecular weight excluding hydrogens is 421 g/mol. The number of nitrogens with one attached hydrogen (secondary N) is 2. The van der Waals surface area contributed by atoms with E-state index in [9.17, 15) is 14.4 Å². The lowest BCUT2D eigenvalue weighted by atomic mass is 10.1. The molecule has 0 aliphatic carbocycles. The molecule has 3 heterocycles. The van der Waals surface area contributed by atoms with Crippen LogP contribution in [0.1, 0.15) is 27.2 Å². The molecule has 1 aliphatic heterocycles. The number of halogens is 1. The van der Waals surface area contributed by atoms with Crippen LogP contribution in [0.3, 0.4) is 0 Å². The monoisotopic (exact) mass is 443 g/mol. The minimum atomic E-state index is -0.295. The Balaban J connectivity index is 1.53. The van der Waals surface area contributed by atoms with Crippen molar-refractivity contribution in [1.29, 1.82) is 5.26 Å². The predicted octanol–water partition coefficient (Wildman–Crippen LogP) is 2.74. The van der Waals surface area contributed by atoms with E-state index in [0.29, 0.717) is 55.5 Å². The largest absolute Gasteiger partial charge is 0.369 e. The Morgan fingerprint density at radius 1 is 1.18 bits per heavy atom. The third kappa shape index (κ3) is 5.49. The Morgan fingerprint density at radius 2 is 2.06 bits per heavy atom. The van der Waals surface area contributed by atoms with Crippen LogP contribution in [-0.4, -0.2) is 46.2 Å². The molecule has 0 bridgehead atoms. The van der Waals surface area contributed by atoms with Crippen molar-refractivity contribution in [1.82, 2.24) is 20.2 Å². The topological polar surface area (TPSA) is 106 Å². The number of aromatic nitrogens is 2. The third-order valence-electron chi connectivity index (χ3n) is 5.10. The van der Waals surface area contributed by atoms with Crippen LogP contribution in [0.15, 0.2) is 65.9 Å². The van der Waals surface area contributed by atoms with E-state index in [0.717, 1.165) is 11.1 Å². The third-order valence-corrected chi connectivity index (χ3v) is 5.10. The second-order valence-corrected chi connectivity index (χ2v) is 7.40. The Morgan fingerprint density at radius 3 is 2.85 bits per heavy atom. The molecule has 0 saturated carbocycles. The second kappa shape index (κ2) is 10.3. The first-order valence-corrected chi connectivity index (χ1v) is 10.5. The van der Waals surface area contributed by atoms with Gasteiger partial charge in [0.05, 0.1) is 18.7 Å². The Bertz CT molecular complexity index is 1210. The number of hydrogen-bond donors (Lipinski definition) is 2. The molecule has 1 aromatic carbocycles. The van der Waals surface area contributed by atoms with E-state index in [1.165, 1.54) is 17.0 Å². The molecule has 0 fully saturated rings. The van der Waals surface area contributed by atoms with Crippen LogP contribution in [0.4, 0.5) is 10.2 Å². The Hall–Kier alpha value is -4.32. The highest BCUT2D eigenvalue weighted by atomic mass is 19.1. The van der Waals surface area contributed by atoms with Gasteiger partial charge in [-0.25, -0.2) is 9.37 Å². The summed E-state index contributed by atoms with van der Waals surface area (Å²) in [6, 6.07) is 13.4. The van der Waals surface area contributed by atoms with Crippen LogP contribution in [-0.2, 0) is 13.0 Å². The molecule has 0 atom stereocenters. The van der Waals surface area contributed by atoms with Crippen LogP contribution in [0.5, 0.6) is 0 Å². The van der Waals surface area contributed by atoms with Gasteiger partial charge in [-0.2, -0.15) is 5.26 Å². The van der Waals surface area contributed by atoms with Crippen molar-refractivity contribution in [3.05, 3.63) is 89.1 Å². The molecule has 0 radical (unpaired) electrons. The molecular formula is C24H22FN7O. The highest BCUT2D eigenvalue weighted by molar-refractivity contribution is 6.02. The average Bonchev–Trinajstić information content (AvgIpc) is 3.32. The number of carbonyl (C=O) groups excluding carboxylic acids is 1. The lowest BCUT2D eigenvalue weighted by Gasteiger charge is -2.15. The number of benzene rings is 1. The average molecular weight is 443 g/mol. The van der Waals surface area contributed by atoms with Crippen LogP contribution in [0.25, 0.3) is 0 Å². The summed E-state index contributed by atoms with van der Waals surface area (Å²) in [5, 5.41) is 15.4. The van der Waals surface area contributed by atoms with Crippen molar-refractivity contribution >= 4 is 17.6 Å². The van der Waals surface area contributed by atoms with Gasteiger partial charge in [0.15, 0.2) is 12.0 Å². The van der Waals surface area contributed by atoms with Gasteiger partial charge in [0, 0.05) is 25.5 Å². The number of nitrogens with zero attached hydrogens (tertiary/aromatic N) is 5. The molecule has 3 aromatic rings. The summed E-state index contributed by atoms with van der Waals surface area (Å²) >= 11 is 0. The second-order valence-electron chi connectivity index (χ2n) is 7.40. The van der Waals surface area contributed by atoms with Crippen molar-refractivity contribution < 1.29 is 9.18 Å². The molecule has 33 heavy (non-hydrogen) atoms. The van der Waals surface area contributed by atoms with Gasteiger partial charge < -0.3 is 10.6 Å². The molecule has 9 heteroatoms. The summed E-state index contributed by atoms with van der Waals surface area (Å²) in [6.45, 7) is 1.78. The first kappa shape index (κ1) is 21.9. The Kier molecular flexibility index (Phi) is 6.85. The van der Waals surface area contributed by atoms with Gasteiger partial charge in [-0.15, -0.1) is 0 Å². The van der Waals surface area contributed by atoms with Crippen molar-refractivity contribution in [3.8, 4) is 6.19 Å². The van der Waals surface area contributed by atoms with E-state index in [-0.39, 0.29) is 11.7 Å². The molecule has 0 spiro atoms. The molecule has 2 N–H and O–H groups in total. The standard InChI is InChI=1S/C24H22FN7O/c25-19-5-1-3-17(13-19)8-10-28-22-20(24(33)30-15-18-4-2-9-27-14-18)6-7-21(31-22)23-29-11-12-32(23)16-26/h1-7,9,13-14H,8,10-12,15H2,(H,28,31)(H,30,33). The van der Waals surface area contributed by atoms with Gasteiger partial charge >= 0.3 is 0 Å². The van der Waals surface area contributed by atoms with Gasteiger partial charge in [0.25, 0.3) is 5.91 Å². The van der Waals surface area contributed by atoms with E-state index in [2.05, 4.69) is 31.8 Å². The first-order chi connectivity index (χ1) is 16.1. The summed E-state index contributed by atoms with van der Waals surface area (Å²) in [5.41, 5.74) is 2.58. The molecule has 2 aromatic heterocycles. The lowest BCUT2D eigenvalue weighted by molar-refractivity contribution is 0.0951. The summed E-state index contributed by atoms with van der Waals surface area (Å²) in [5.74, 6) is 0.267. The molecule has 1 amide bonds. The smallest absolute Gasteiger partial charge is 0.255 e. The predicted molar refractivity (Wildman–Crippen MR) is 122 cm³/mol. The number of anilines is 1. The normalized spacial score (nSPS) is 12.7. The molecule has 0 saturated heterocycles. The van der Waals surface area contributed by atoms with E-state index < -0.39 is 0 Å². The van der Waals surface area contributed by atoms with E-state index in [4.69, 9.17) is 0 Å². The minimum Gasteiger partial charge on any atom is -0.369 e. The molecule has 4 rings (SSSR count). The highest BCUT2D eigenvalue weighted by Crippen LogP contribution is 2.18. The fourth-order valence-corrected chi connectivity index (χ4v) is 3.46. The van der Waals surface area contributed by atoms with Crippen LogP contribution in [0, 0.1) is 17.3 Å². The summed E-state index contributed by atoms with van der Waals surface area (Å²) < 4.78 is 13.5. The zero-order valence-electron chi connectivity index (χ0n) is 17.8. The maximum absolute atomic E-state index is 13.5. The number of hydrogen-bond acceptors (Lipinski definition) is 7. The van der Waals surface area contributed by atoms with Gasteiger partial charge in [0.1, 0.15) is 17.3 Å². The Labute approximate surface area is 190 Å². The lowest BCUT2D eigenvalue weighted by Crippen LogP contribution is -2.27. The number of carbonyl (C=O) groups is 1. The quantitative estimate of drug-likeness (QED) is 0.519. The number of pyridine rings is 2. The summed E-state index contributed by atoms with van der Waals surface area (Å²) in [7, 11) is 0. The maximum atomic E-state index is 13.5. The van der Waals surface area contributed by atoms with E-state index >= 15 is 0 Å². The SMILES string of the molecule is N#CN1CCN=C1c1ccc(C(=O)NCc2cccnc2)c(NCCc2cccc(F)c2)n1. The van der Waals surface area contributed by atoms with Gasteiger partial charge in [-0.3, -0.25) is 19.7 Å². The number of rotatable bonds is 8. The fraction of sp³-hybridized carbons (Fsp3) is 0.208. The number of amides is 1. The minimum absolute atomic E-state index is 0.293. The zero-order valence-corrected chi connectivity index (χ0v) is 17.8. The van der Waals surface area contributed by atoms with Crippen LogP contribution in [0.2, 0.25) is 0 Å². The first-order valence-electron chi connectivity index (χ1n) is 10.5. The number of amidine groups is 1. The zero-order chi connectivity index (χ0) is 23.0. The van der Waals surface area contributed by atoms with E-state index in [1.807, 2.05) is 12.1 Å². The van der Waals surface area contributed by atoms with Gasteiger partial charge in [-0.1, -0.05) is 18.2 Å². The van der Waals surface area contributed by atoms with Crippen molar-refractivity contribution in [2.24, 2.45) is 4.99 Å². The van der Waals surface area contributed by atoms with Crippen LogP contribution < -0.4 is 10.6 Å². The van der Waals surface area contributed by atoms with E-state index in [1.54, 1.807) is 36.7 Å². The molecule has 8 nitrogen and oxygen atoms in total. The number of nitriles is 1. The van der Waals surface area contributed by atoms with Crippen molar-refractivity contribution in [2.75, 3.05) is 25.0 Å². The summed E-state index contributed by atoms with van der Waals surface area (Å²) in [4.78, 5) is 27.4. The number of aliphatic imine (C=N–C) groups is 1. The molecule has 1 aliphatic rings. The van der Waals surface area contributed by atoms with Gasteiger partial charge in [-0.05, 0) is 47.9 Å². The summed E-state index contributed by atoms with van der Waals surface area (Å²) in [6.07, 6.45) is 6.01. The molecule has 166 valence electrons. The van der Waals surface area contributed by atoms with Gasteiger partial charge in [0.2, 0.25) is 0 Å². The maximum Gasteiger partial charge on any atom is 0.255 e. The fourth-order valence-electron chi connectivity index (χ4n) is 3.46.